The summed E-state index contributed by atoms with van der Waals surface area (Å²) in [6.07, 6.45) is 1.16. The minimum absolute atomic E-state index is 0.154. The van der Waals surface area contributed by atoms with Crippen molar-refractivity contribution in [3.8, 4) is 5.75 Å². The quantitative estimate of drug-likeness (QED) is 0.908. The number of para-hydroxylation sites is 1. The van der Waals surface area contributed by atoms with Crippen LogP contribution in [0.15, 0.2) is 48.7 Å². The van der Waals surface area contributed by atoms with E-state index in [2.05, 4.69) is 10.3 Å². The van der Waals surface area contributed by atoms with Gasteiger partial charge >= 0.3 is 0 Å². The Morgan fingerprint density at radius 1 is 1.25 bits per heavy atom. The molecule has 0 aliphatic carbocycles. The van der Waals surface area contributed by atoms with Gasteiger partial charge in [-0.15, -0.1) is 0 Å². The number of amides is 1. The molecule has 2 aromatic rings. The largest absolute Gasteiger partial charge is 0.481 e. The van der Waals surface area contributed by atoms with E-state index in [1.165, 1.54) is 0 Å². The predicted molar refractivity (Wildman–Crippen MR) is 77.4 cm³/mol. The number of nitrogens with one attached hydrogen (secondary N) is 1. The van der Waals surface area contributed by atoms with Crippen molar-refractivity contribution in [3.05, 3.63) is 59.9 Å². The molecular formula is C16H18N2O2. The fourth-order valence-electron chi connectivity index (χ4n) is 1.76. The second kappa shape index (κ2) is 6.70. The van der Waals surface area contributed by atoms with E-state index in [4.69, 9.17) is 4.74 Å². The van der Waals surface area contributed by atoms with E-state index >= 15 is 0 Å². The zero-order chi connectivity index (χ0) is 14.4. The third kappa shape index (κ3) is 3.82. The Bertz CT molecular complexity index is 570. The van der Waals surface area contributed by atoms with Gasteiger partial charge in [-0.05, 0) is 37.6 Å². The standard InChI is InChI=1S/C16H18N2O2/c1-12-7-3-4-9-15(12)20-13(2)16(19)18-11-14-8-5-6-10-17-14/h3-10,13H,11H2,1-2H3,(H,18,19). The first-order chi connectivity index (χ1) is 9.66. The fourth-order valence-corrected chi connectivity index (χ4v) is 1.76. The lowest BCUT2D eigenvalue weighted by molar-refractivity contribution is -0.127. The Hall–Kier alpha value is -2.36. The van der Waals surface area contributed by atoms with Crippen LogP contribution in [-0.4, -0.2) is 17.0 Å². The minimum atomic E-state index is -0.542. The Labute approximate surface area is 118 Å². The molecule has 0 saturated carbocycles. The summed E-state index contributed by atoms with van der Waals surface area (Å²) in [4.78, 5) is 16.1. The van der Waals surface area contributed by atoms with Crippen molar-refractivity contribution in [2.75, 3.05) is 0 Å². The van der Waals surface area contributed by atoms with E-state index < -0.39 is 6.10 Å². The van der Waals surface area contributed by atoms with Gasteiger partial charge < -0.3 is 10.1 Å². The second-order valence-corrected chi connectivity index (χ2v) is 4.56. The number of hydrogen-bond acceptors (Lipinski definition) is 3. The average Bonchev–Trinajstić information content (AvgIpc) is 2.48. The number of aromatic nitrogens is 1. The van der Waals surface area contributed by atoms with Gasteiger partial charge in [-0.2, -0.15) is 0 Å². The summed E-state index contributed by atoms with van der Waals surface area (Å²) >= 11 is 0. The number of nitrogens with zero attached hydrogens (tertiary/aromatic N) is 1. The molecule has 4 nitrogen and oxygen atoms in total. The monoisotopic (exact) mass is 270 g/mol. The van der Waals surface area contributed by atoms with Crippen molar-refractivity contribution < 1.29 is 9.53 Å². The van der Waals surface area contributed by atoms with Gasteiger partial charge in [0, 0.05) is 6.20 Å². The zero-order valence-electron chi connectivity index (χ0n) is 11.7. The molecule has 0 saturated heterocycles. The van der Waals surface area contributed by atoms with Crippen molar-refractivity contribution in [1.29, 1.82) is 0 Å². The van der Waals surface area contributed by atoms with Crippen LogP contribution in [0, 0.1) is 6.92 Å². The van der Waals surface area contributed by atoms with Crippen LogP contribution in [0.4, 0.5) is 0 Å². The maximum absolute atomic E-state index is 12.0. The van der Waals surface area contributed by atoms with Gasteiger partial charge in [0.1, 0.15) is 5.75 Å². The molecule has 4 heteroatoms. The lowest BCUT2D eigenvalue weighted by atomic mass is 10.2. The first-order valence-electron chi connectivity index (χ1n) is 6.56. The number of carbonyl (C=O) groups is 1. The molecule has 0 fully saturated rings. The molecule has 104 valence electrons. The number of pyridine rings is 1. The van der Waals surface area contributed by atoms with E-state index in [0.29, 0.717) is 6.54 Å². The summed E-state index contributed by atoms with van der Waals surface area (Å²) in [6.45, 7) is 4.09. The van der Waals surface area contributed by atoms with Crippen LogP contribution in [0.3, 0.4) is 0 Å². The number of hydrogen-bond donors (Lipinski definition) is 1. The molecule has 20 heavy (non-hydrogen) atoms. The summed E-state index contributed by atoms with van der Waals surface area (Å²) in [6, 6.07) is 13.2. The highest BCUT2D eigenvalue weighted by molar-refractivity contribution is 5.80. The molecule has 1 unspecified atom stereocenters. The van der Waals surface area contributed by atoms with Crippen LogP contribution in [0.5, 0.6) is 5.75 Å². The first-order valence-corrected chi connectivity index (χ1v) is 6.56. The van der Waals surface area contributed by atoms with Crippen LogP contribution < -0.4 is 10.1 Å². The molecule has 0 bridgehead atoms. The highest BCUT2D eigenvalue weighted by Gasteiger charge is 2.15. The van der Waals surface area contributed by atoms with Gasteiger partial charge in [-0.3, -0.25) is 9.78 Å². The summed E-state index contributed by atoms with van der Waals surface area (Å²) < 4.78 is 5.66. The maximum Gasteiger partial charge on any atom is 0.261 e. The van der Waals surface area contributed by atoms with E-state index in [1.807, 2.05) is 49.4 Å². The van der Waals surface area contributed by atoms with E-state index in [9.17, 15) is 4.79 Å². The zero-order valence-corrected chi connectivity index (χ0v) is 11.7. The van der Waals surface area contributed by atoms with Gasteiger partial charge in [0.2, 0.25) is 0 Å². The topological polar surface area (TPSA) is 51.2 Å². The van der Waals surface area contributed by atoms with Crippen LogP contribution >= 0.6 is 0 Å². The molecule has 1 N–H and O–H groups in total. The van der Waals surface area contributed by atoms with Crippen molar-refractivity contribution >= 4 is 5.91 Å². The summed E-state index contributed by atoms with van der Waals surface area (Å²) in [5.41, 5.74) is 1.83. The molecule has 0 radical (unpaired) electrons. The SMILES string of the molecule is Cc1ccccc1OC(C)C(=O)NCc1ccccn1. The molecule has 1 heterocycles. The molecule has 1 aromatic carbocycles. The van der Waals surface area contributed by atoms with Crippen molar-refractivity contribution in [2.45, 2.75) is 26.5 Å². The van der Waals surface area contributed by atoms with Crippen molar-refractivity contribution in [2.24, 2.45) is 0 Å². The molecule has 0 aliphatic rings. The minimum Gasteiger partial charge on any atom is -0.481 e. The first kappa shape index (κ1) is 14.1. The summed E-state index contributed by atoms with van der Waals surface area (Å²) in [7, 11) is 0. The lowest BCUT2D eigenvalue weighted by Crippen LogP contribution is -2.36. The van der Waals surface area contributed by atoms with Gasteiger partial charge in [-0.1, -0.05) is 24.3 Å². The third-order valence-electron chi connectivity index (χ3n) is 2.94. The van der Waals surface area contributed by atoms with Gasteiger partial charge in [0.15, 0.2) is 6.10 Å². The van der Waals surface area contributed by atoms with Crippen LogP contribution in [0.1, 0.15) is 18.2 Å². The Morgan fingerprint density at radius 3 is 2.70 bits per heavy atom. The number of benzene rings is 1. The number of ether oxygens (including phenoxy) is 1. The van der Waals surface area contributed by atoms with Crippen molar-refractivity contribution in [3.63, 3.8) is 0 Å². The number of carbonyl (C=O) groups excluding carboxylic acids is 1. The summed E-state index contributed by atoms with van der Waals surface area (Å²) in [5.74, 6) is 0.576. The summed E-state index contributed by atoms with van der Waals surface area (Å²) in [5, 5.41) is 2.81. The number of aryl methyl sites for hydroxylation is 1. The average molecular weight is 270 g/mol. The Balaban J connectivity index is 1.88. The molecule has 2 rings (SSSR count). The molecule has 1 aromatic heterocycles. The second-order valence-electron chi connectivity index (χ2n) is 4.56. The fraction of sp³-hybridized carbons (Fsp3) is 0.250. The highest BCUT2D eigenvalue weighted by atomic mass is 16.5. The predicted octanol–water partition coefficient (Wildman–Crippen LogP) is 2.47. The molecular weight excluding hydrogens is 252 g/mol. The Morgan fingerprint density at radius 2 is 2.00 bits per heavy atom. The normalized spacial score (nSPS) is 11.7. The van der Waals surface area contributed by atoms with Gasteiger partial charge in [0.05, 0.1) is 12.2 Å². The van der Waals surface area contributed by atoms with E-state index in [-0.39, 0.29) is 5.91 Å². The van der Waals surface area contributed by atoms with Crippen LogP contribution in [0.25, 0.3) is 0 Å². The van der Waals surface area contributed by atoms with E-state index in [0.717, 1.165) is 17.0 Å². The van der Waals surface area contributed by atoms with E-state index in [1.54, 1.807) is 13.1 Å². The molecule has 0 spiro atoms. The number of rotatable bonds is 5. The maximum atomic E-state index is 12.0. The lowest BCUT2D eigenvalue weighted by Gasteiger charge is -2.16. The molecule has 0 aliphatic heterocycles. The Kier molecular flexibility index (Phi) is 4.71. The van der Waals surface area contributed by atoms with Gasteiger partial charge in [-0.25, -0.2) is 0 Å². The smallest absolute Gasteiger partial charge is 0.261 e. The molecule has 1 atom stereocenters. The van der Waals surface area contributed by atoms with Gasteiger partial charge in [0.25, 0.3) is 5.91 Å². The third-order valence-corrected chi connectivity index (χ3v) is 2.94. The van der Waals surface area contributed by atoms with Crippen molar-refractivity contribution in [1.82, 2.24) is 10.3 Å². The highest BCUT2D eigenvalue weighted by Crippen LogP contribution is 2.17. The molecule has 1 amide bonds. The van der Waals surface area contributed by atoms with Crippen LogP contribution in [-0.2, 0) is 11.3 Å². The van der Waals surface area contributed by atoms with Crippen LogP contribution in [0.2, 0.25) is 0 Å².